The molecule has 0 aliphatic carbocycles. The summed E-state index contributed by atoms with van der Waals surface area (Å²) in [6, 6.07) is 10.3. The molecule has 0 spiro atoms. The van der Waals surface area contributed by atoms with E-state index in [4.69, 9.17) is 4.74 Å². The maximum absolute atomic E-state index is 13.0. The van der Waals surface area contributed by atoms with Crippen LogP contribution in [0.2, 0.25) is 0 Å². The van der Waals surface area contributed by atoms with Gasteiger partial charge in [-0.2, -0.15) is 4.31 Å². The smallest absolute Gasteiger partial charge is 0.269 e. The number of hydrogen-bond acceptors (Lipinski definition) is 6. The van der Waals surface area contributed by atoms with E-state index in [1.165, 1.54) is 52.9 Å². The lowest BCUT2D eigenvalue weighted by Gasteiger charge is -2.19. The Hall–Kier alpha value is -3.24. The number of benzene rings is 2. The van der Waals surface area contributed by atoms with Crippen LogP contribution in [0.15, 0.2) is 53.4 Å². The summed E-state index contributed by atoms with van der Waals surface area (Å²) in [5.74, 6) is -0.221. The largest absolute Gasteiger partial charge is 0.492 e. The van der Waals surface area contributed by atoms with Crippen LogP contribution in [-0.2, 0) is 14.8 Å². The van der Waals surface area contributed by atoms with Gasteiger partial charge in [-0.15, -0.1) is 0 Å². The molecule has 2 aromatic carbocycles. The van der Waals surface area contributed by atoms with Gasteiger partial charge in [0, 0.05) is 37.0 Å². The molecule has 2 aromatic rings. The van der Waals surface area contributed by atoms with E-state index in [1.807, 2.05) is 0 Å². The Bertz CT molecular complexity index is 1090. The average molecular weight is 445 g/mol. The van der Waals surface area contributed by atoms with E-state index in [1.54, 1.807) is 13.0 Å². The third kappa shape index (κ3) is 5.47. The maximum Gasteiger partial charge on any atom is 0.269 e. The highest BCUT2D eigenvalue weighted by molar-refractivity contribution is 7.89. The number of amides is 1. The molecule has 1 aliphatic rings. The molecule has 1 saturated heterocycles. The van der Waals surface area contributed by atoms with E-state index in [0.717, 1.165) is 12.8 Å². The van der Waals surface area contributed by atoms with Crippen molar-refractivity contribution in [3.05, 3.63) is 64.2 Å². The molecular weight excluding hydrogens is 422 g/mol. The van der Waals surface area contributed by atoms with Gasteiger partial charge >= 0.3 is 0 Å². The number of nitro groups is 1. The molecule has 1 N–H and O–H groups in total. The van der Waals surface area contributed by atoms with Gasteiger partial charge in [-0.05, 0) is 61.7 Å². The molecule has 0 aromatic heterocycles. The highest BCUT2D eigenvalue weighted by Gasteiger charge is 2.30. The Kier molecular flexibility index (Phi) is 7.03. The molecule has 10 heteroatoms. The van der Waals surface area contributed by atoms with E-state index in [-0.39, 0.29) is 16.3 Å². The van der Waals surface area contributed by atoms with E-state index in [9.17, 15) is 23.3 Å². The van der Waals surface area contributed by atoms with Crippen molar-refractivity contribution in [3.63, 3.8) is 0 Å². The molecule has 164 valence electrons. The lowest BCUT2D eigenvalue weighted by atomic mass is 10.2. The lowest BCUT2D eigenvalue weighted by Crippen LogP contribution is -2.28. The molecule has 1 heterocycles. The molecule has 1 fully saturated rings. The van der Waals surface area contributed by atoms with Gasteiger partial charge in [0.05, 0.1) is 11.5 Å². The Morgan fingerprint density at radius 1 is 1.19 bits per heavy atom. The van der Waals surface area contributed by atoms with Gasteiger partial charge in [-0.25, -0.2) is 8.42 Å². The van der Waals surface area contributed by atoms with Gasteiger partial charge in [0.1, 0.15) is 10.6 Å². The van der Waals surface area contributed by atoms with Crippen LogP contribution in [-0.4, -0.2) is 43.2 Å². The number of nitrogens with zero attached hydrogens (tertiary/aromatic N) is 2. The van der Waals surface area contributed by atoms with E-state index >= 15 is 0 Å². The van der Waals surface area contributed by atoms with Gasteiger partial charge in [0.2, 0.25) is 15.9 Å². The number of carbonyl (C=O) groups is 1. The molecule has 0 saturated carbocycles. The minimum Gasteiger partial charge on any atom is -0.492 e. The summed E-state index contributed by atoms with van der Waals surface area (Å²) >= 11 is 0. The molecular formula is C21H23N3O6S. The second-order valence-electron chi connectivity index (χ2n) is 6.88. The van der Waals surface area contributed by atoms with Crippen molar-refractivity contribution >= 4 is 33.4 Å². The Balaban J connectivity index is 1.77. The van der Waals surface area contributed by atoms with Gasteiger partial charge in [-0.3, -0.25) is 14.9 Å². The number of non-ortho nitro benzene ring substituents is 1. The SMILES string of the molecule is CCOc1ccc(NC(=O)/C=C/c2ccc([N+](=O)[O-])cc2)cc1S(=O)(=O)N1CCCC1. The maximum atomic E-state index is 13.0. The quantitative estimate of drug-likeness (QED) is 0.378. The second kappa shape index (κ2) is 9.71. The zero-order valence-corrected chi connectivity index (χ0v) is 17.8. The number of hydrogen-bond donors (Lipinski definition) is 1. The molecule has 3 rings (SSSR count). The van der Waals surface area contributed by atoms with Crippen molar-refractivity contribution in [1.29, 1.82) is 0 Å². The van der Waals surface area contributed by atoms with Crippen molar-refractivity contribution < 1.29 is 22.9 Å². The highest BCUT2D eigenvalue weighted by atomic mass is 32.2. The summed E-state index contributed by atoms with van der Waals surface area (Å²) in [5, 5.41) is 13.3. The fourth-order valence-electron chi connectivity index (χ4n) is 3.19. The molecule has 0 unspecified atom stereocenters. The molecule has 0 atom stereocenters. The van der Waals surface area contributed by atoms with Gasteiger partial charge in [-0.1, -0.05) is 0 Å². The fraction of sp³-hybridized carbons (Fsp3) is 0.286. The van der Waals surface area contributed by atoms with Gasteiger partial charge in [0.15, 0.2) is 0 Å². The van der Waals surface area contributed by atoms with Crippen LogP contribution in [0.25, 0.3) is 6.08 Å². The van der Waals surface area contributed by atoms with Gasteiger partial charge in [0.25, 0.3) is 5.69 Å². The van der Waals surface area contributed by atoms with Crippen LogP contribution in [0.4, 0.5) is 11.4 Å². The van der Waals surface area contributed by atoms with Crippen molar-refractivity contribution in [1.82, 2.24) is 4.31 Å². The second-order valence-corrected chi connectivity index (χ2v) is 8.78. The van der Waals surface area contributed by atoms with Crippen LogP contribution < -0.4 is 10.1 Å². The van der Waals surface area contributed by atoms with Crippen LogP contribution >= 0.6 is 0 Å². The molecule has 0 bridgehead atoms. The van der Waals surface area contributed by atoms with Crippen LogP contribution in [0, 0.1) is 10.1 Å². The summed E-state index contributed by atoms with van der Waals surface area (Å²) in [6.07, 6.45) is 4.40. The number of nitrogens with one attached hydrogen (secondary N) is 1. The molecule has 9 nitrogen and oxygen atoms in total. The average Bonchev–Trinajstić information content (AvgIpc) is 3.29. The standard InChI is InChI=1S/C21H23N3O6S/c1-2-30-19-11-8-17(15-20(19)31(28,29)23-13-3-4-14-23)22-21(25)12-7-16-5-9-18(10-6-16)24(26)27/h5-12,15H,2-4,13-14H2,1H3,(H,22,25)/b12-7+. The Labute approximate surface area is 180 Å². The van der Waals surface area contributed by atoms with Crippen molar-refractivity contribution in [3.8, 4) is 5.75 Å². The summed E-state index contributed by atoms with van der Waals surface area (Å²) in [5.41, 5.74) is 0.895. The normalized spacial score (nSPS) is 14.6. The van der Waals surface area contributed by atoms with Crippen LogP contribution in [0.1, 0.15) is 25.3 Å². The molecule has 0 radical (unpaired) electrons. The van der Waals surface area contributed by atoms with E-state index < -0.39 is 20.9 Å². The predicted octanol–water partition coefficient (Wildman–Crippen LogP) is 3.43. The zero-order chi connectivity index (χ0) is 22.4. The highest BCUT2D eigenvalue weighted by Crippen LogP contribution is 2.31. The monoisotopic (exact) mass is 445 g/mol. The van der Waals surface area contributed by atoms with E-state index in [2.05, 4.69) is 5.32 Å². The topological polar surface area (TPSA) is 119 Å². The first-order chi connectivity index (χ1) is 14.8. The Morgan fingerprint density at radius 3 is 2.48 bits per heavy atom. The number of rotatable bonds is 8. The Morgan fingerprint density at radius 2 is 1.87 bits per heavy atom. The zero-order valence-electron chi connectivity index (χ0n) is 17.0. The first-order valence-electron chi connectivity index (χ1n) is 9.82. The minimum atomic E-state index is -3.73. The fourth-order valence-corrected chi connectivity index (χ4v) is 4.87. The summed E-state index contributed by atoms with van der Waals surface area (Å²) in [6.45, 7) is 3.00. The molecule has 31 heavy (non-hydrogen) atoms. The number of nitro benzene ring substituents is 1. The first kappa shape index (κ1) is 22.4. The minimum absolute atomic E-state index is 0.0217. The van der Waals surface area contributed by atoms with Gasteiger partial charge < -0.3 is 10.1 Å². The molecule has 1 aliphatic heterocycles. The van der Waals surface area contributed by atoms with Crippen molar-refractivity contribution in [2.45, 2.75) is 24.7 Å². The lowest BCUT2D eigenvalue weighted by molar-refractivity contribution is -0.384. The summed E-state index contributed by atoms with van der Waals surface area (Å²) in [4.78, 5) is 22.5. The number of ether oxygens (including phenoxy) is 1. The van der Waals surface area contributed by atoms with Crippen molar-refractivity contribution in [2.75, 3.05) is 25.0 Å². The van der Waals surface area contributed by atoms with Crippen LogP contribution in [0.3, 0.4) is 0 Å². The third-order valence-electron chi connectivity index (χ3n) is 4.73. The summed E-state index contributed by atoms with van der Waals surface area (Å²) < 4.78 is 33.0. The third-order valence-corrected chi connectivity index (χ3v) is 6.64. The van der Waals surface area contributed by atoms with Crippen LogP contribution in [0.5, 0.6) is 5.75 Å². The molecule has 1 amide bonds. The number of anilines is 1. The number of sulfonamides is 1. The summed E-state index contributed by atoms with van der Waals surface area (Å²) in [7, 11) is -3.73. The van der Waals surface area contributed by atoms with E-state index in [0.29, 0.717) is 30.9 Å². The first-order valence-corrected chi connectivity index (χ1v) is 11.3. The number of carbonyl (C=O) groups excluding carboxylic acids is 1. The predicted molar refractivity (Wildman–Crippen MR) is 116 cm³/mol. The van der Waals surface area contributed by atoms with Crippen molar-refractivity contribution in [2.24, 2.45) is 0 Å².